The second-order valence-electron chi connectivity index (χ2n) is 6.00. The second-order valence-corrected chi connectivity index (χ2v) is 6.00. The van der Waals surface area contributed by atoms with Crippen LogP contribution in [-0.2, 0) is 18.4 Å². The minimum atomic E-state index is -0.829. The van der Waals surface area contributed by atoms with Gasteiger partial charge in [0, 0.05) is 6.42 Å². The predicted octanol–water partition coefficient (Wildman–Crippen LogP) is 4.32. The normalized spacial score (nSPS) is 14.1. The van der Waals surface area contributed by atoms with Crippen LogP contribution >= 0.6 is 0 Å². The van der Waals surface area contributed by atoms with Gasteiger partial charge in [-0.1, -0.05) is 60.5 Å². The Morgan fingerprint density at radius 1 is 0.900 bits per heavy atom. The van der Waals surface area contributed by atoms with Crippen LogP contribution in [0.1, 0.15) is 41.7 Å². The van der Waals surface area contributed by atoms with Gasteiger partial charge in [-0.05, 0) is 43.9 Å². The third kappa shape index (κ3) is 3.49. The molecule has 2 aromatic carbocycles. The van der Waals surface area contributed by atoms with Crippen molar-refractivity contribution in [2.24, 2.45) is 0 Å². The molecule has 0 aromatic heterocycles. The third-order valence-electron chi connectivity index (χ3n) is 3.82. The van der Waals surface area contributed by atoms with Crippen molar-refractivity contribution in [3.63, 3.8) is 0 Å². The van der Waals surface area contributed by atoms with E-state index in [1.54, 1.807) is 0 Å². The molecule has 2 aromatic rings. The first kappa shape index (κ1) is 14.8. The molecule has 0 saturated heterocycles. The number of hydrogen-bond acceptors (Lipinski definition) is 1. The first-order chi connectivity index (χ1) is 9.40. The quantitative estimate of drug-likeness (QED) is 0.875. The number of aliphatic hydroxyl groups is 1. The molecule has 0 radical (unpaired) electrons. The lowest BCUT2D eigenvalue weighted by molar-refractivity contribution is 0.0575. The Bertz CT molecular complexity index is 559. The van der Waals surface area contributed by atoms with Crippen molar-refractivity contribution in [2.75, 3.05) is 0 Å². The van der Waals surface area contributed by atoms with Crippen molar-refractivity contribution in [1.82, 2.24) is 0 Å². The maximum absolute atomic E-state index is 10.8. The van der Waals surface area contributed by atoms with E-state index in [0.29, 0.717) is 6.42 Å². The zero-order valence-electron chi connectivity index (χ0n) is 12.9. The van der Waals surface area contributed by atoms with Crippen LogP contribution in [0.4, 0.5) is 0 Å². The lowest BCUT2D eigenvalue weighted by Gasteiger charge is -2.25. The lowest BCUT2D eigenvalue weighted by atomic mass is 9.87. The molecule has 0 saturated carbocycles. The zero-order valence-corrected chi connectivity index (χ0v) is 12.9. The summed E-state index contributed by atoms with van der Waals surface area (Å²) in [5.74, 6) is 0. The highest BCUT2D eigenvalue weighted by atomic mass is 16.3. The van der Waals surface area contributed by atoms with Gasteiger partial charge in [0.1, 0.15) is 0 Å². The van der Waals surface area contributed by atoms with Crippen LogP contribution in [0.5, 0.6) is 0 Å². The van der Waals surface area contributed by atoms with Crippen LogP contribution in [-0.4, -0.2) is 5.11 Å². The SMILES string of the molecule is CCc1ccc(CC(C)(O)c2cc(C)cc(C)c2)cc1. The lowest BCUT2D eigenvalue weighted by Crippen LogP contribution is -2.24. The maximum Gasteiger partial charge on any atom is 0.0908 e. The average Bonchev–Trinajstić information content (AvgIpc) is 2.38. The predicted molar refractivity (Wildman–Crippen MR) is 85.0 cm³/mol. The van der Waals surface area contributed by atoms with Crippen LogP contribution in [0.3, 0.4) is 0 Å². The molecule has 1 N–H and O–H groups in total. The van der Waals surface area contributed by atoms with Gasteiger partial charge in [-0.25, -0.2) is 0 Å². The van der Waals surface area contributed by atoms with Crippen LogP contribution in [0, 0.1) is 13.8 Å². The van der Waals surface area contributed by atoms with Gasteiger partial charge in [-0.2, -0.15) is 0 Å². The summed E-state index contributed by atoms with van der Waals surface area (Å²) in [6.07, 6.45) is 1.69. The average molecular weight is 268 g/mol. The fourth-order valence-electron chi connectivity index (χ4n) is 2.68. The molecule has 0 aliphatic heterocycles. The van der Waals surface area contributed by atoms with Crippen molar-refractivity contribution in [3.05, 3.63) is 70.3 Å². The molecular formula is C19H24O. The van der Waals surface area contributed by atoms with Gasteiger partial charge >= 0.3 is 0 Å². The van der Waals surface area contributed by atoms with Gasteiger partial charge in [0.25, 0.3) is 0 Å². The molecule has 20 heavy (non-hydrogen) atoms. The van der Waals surface area contributed by atoms with E-state index in [1.165, 1.54) is 22.3 Å². The summed E-state index contributed by atoms with van der Waals surface area (Å²) in [5, 5.41) is 10.8. The molecule has 1 atom stereocenters. The van der Waals surface area contributed by atoms with E-state index in [9.17, 15) is 5.11 Å². The number of rotatable bonds is 4. The molecule has 0 amide bonds. The summed E-state index contributed by atoms with van der Waals surface area (Å²) in [5.41, 5.74) is 5.06. The Morgan fingerprint density at radius 2 is 1.40 bits per heavy atom. The van der Waals surface area contributed by atoms with Crippen molar-refractivity contribution in [2.45, 2.75) is 46.1 Å². The topological polar surface area (TPSA) is 20.2 Å². The van der Waals surface area contributed by atoms with E-state index in [0.717, 1.165) is 12.0 Å². The Morgan fingerprint density at radius 3 is 1.90 bits per heavy atom. The van der Waals surface area contributed by atoms with Gasteiger partial charge in [-0.15, -0.1) is 0 Å². The van der Waals surface area contributed by atoms with Gasteiger partial charge < -0.3 is 5.11 Å². The monoisotopic (exact) mass is 268 g/mol. The van der Waals surface area contributed by atoms with Crippen LogP contribution < -0.4 is 0 Å². The van der Waals surface area contributed by atoms with E-state index >= 15 is 0 Å². The zero-order chi connectivity index (χ0) is 14.8. The van der Waals surface area contributed by atoms with Gasteiger partial charge in [0.05, 0.1) is 5.60 Å². The van der Waals surface area contributed by atoms with Crippen molar-refractivity contribution < 1.29 is 5.11 Å². The fourth-order valence-corrected chi connectivity index (χ4v) is 2.68. The van der Waals surface area contributed by atoms with Crippen molar-refractivity contribution in [3.8, 4) is 0 Å². The number of aryl methyl sites for hydroxylation is 3. The summed E-state index contributed by atoms with van der Waals surface area (Å²) in [6.45, 7) is 8.20. The minimum absolute atomic E-state index is 0.639. The smallest absolute Gasteiger partial charge is 0.0908 e. The summed E-state index contributed by atoms with van der Waals surface area (Å²) >= 11 is 0. The number of hydrogen-bond donors (Lipinski definition) is 1. The molecule has 1 heteroatoms. The molecule has 0 aliphatic carbocycles. The highest BCUT2D eigenvalue weighted by molar-refractivity contribution is 5.34. The van der Waals surface area contributed by atoms with Gasteiger partial charge in [-0.3, -0.25) is 0 Å². The Hall–Kier alpha value is -1.60. The molecule has 1 unspecified atom stereocenters. The highest BCUT2D eigenvalue weighted by Gasteiger charge is 2.24. The standard InChI is InChI=1S/C19H24O/c1-5-16-6-8-17(9-7-16)13-19(4,20)18-11-14(2)10-15(3)12-18/h6-12,20H,5,13H2,1-4H3. The van der Waals surface area contributed by atoms with Gasteiger partial charge in [0.2, 0.25) is 0 Å². The van der Waals surface area contributed by atoms with E-state index in [1.807, 2.05) is 6.92 Å². The summed E-state index contributed by atoms with van der Waals surface area (Å²) in [6, 6.07) is 14.8. The minimum Gasteiger partial charge on any atom is -0.385 e. The Balaban J connectivity index is 2.24. The maximum atomic E-state index is 10.8. The fraction of sp³-hybridized carbons (Fsp3) is 0.368. The molecule has 0 aliphatic rings. The van der Waals surface area contributed by atoms with E-state index in [2.05, 4.69) is 63.2 Å². The molecule has 106 valence electrons. The molecule has 0 heterocycles. The summed E-state index contributed by atoms with van der Waals surface area (Å²) < 4.78 is 0. The van der Waals surface area contributed by atoms with E-state index in [4.69, 9.17) is 0 Å². The van der Waals surface area contributed by atoms with E-state index < -0.39 is 5.60 Å². The third-order valence-corrected chi connectivity index (χ3v) is 3.82. The Kier molecular flexibility index (Phi) is 4.29. The molecule has 0 fully saturated rings. The summed E-state index contributed by atoms with van der Waals surface area (Å²) in [4.78, 5) is 0. The van der Waals surface area contributed by atoms with Gasteiger partial charge in [0.15, 0.2) is 0 Å². The molecule has 1 nitrogen and oxygen atoms in total. The Labute approximate surface area is 122 Å². The van der Waals surface area contributed by atoms with Crippen LogP contribution in [0.2, 0.25) is 0 Å². The van der Waals surface area contributed by atoms with Crippen molar-refractivity contribution in [1.29, 1.82) is 0 Å². The van der Waals surface area contributed by atoms with Crippen molar-refractivity contribution >= 4 is 0 Å². The van der Waals surface area contributed by atoms with E-state index in [-0.39, 0.29) is 0 Å². The molecule has 2 rings (SSSR count). The van der Waals surface area contributed by atoms with Crippen LogP contribution in [0.15, 0.2) is 42.5 Å². The molecular weight excluding hydrogens is 244 g/mol. The molecule has 0 spiro atoms. The first-order valence-electron chi connectivity index (χ1n) is 7.29. The molecule has 0 bridgehead atoms. The second kappa shape index (κ2) is 5.80. The summed E-state index contributed by atoms with van der Waals surface area (Å²) in [7, 11) is 0. The number of benzene rings is 2. The van der Waals surface area contributed by atoms with Crippen LogP contribution in [0.25, 0.3) is 0 Å². The largest absolute Gasteiger partial charge is 0.385 e. The highest BCUT2D eigenvalue weighted by Crippen LogP contribution is 2.27. The first-order valence-corrected chi connectivity index (χ1v) is 7.29.